The van der Waals surface area contributed by atoms with E-state index in [1.54, 1.807) is 0 Å². The van der Waals surface area contributed by atoms with E-state index in [9.17, 15) is 0 Å². The summed E-state index contributed by atoms with van der Waals surface area (Å²) in [6.07, 6.45) is 13.9. The number of aromatic nitrogens is 3. The predicted molar refractivity (Wildman–Crippen MR) is 68.4 cm³/mol. The molecule has 0 saturated heterocycles. The van der Waals surface area contributed by atoms with Gasteiger partial charge in [-0.05, 0) is 23.8 Å². The zero-order valence-corrected chi connectivity index (χ0v) is 10.5. The van der Waals surface area contributed by atoms with Crippen molar-refractivity contribution in [3.05, 3.63) is 59.5 Å². The van der Waals surface area contributed by atoms with Gasteiger partial charge in [-0.3, -0.25) is 0 Å². The number of nitrogens with zero attached hydrogens (tertiary/aromatic N) is 3. The molecule has 1 heterocycles. The molecule has 2 rings (SSSR count). The van der Waals surface area contributed by atoms with E-state index in [1.807, 2.05) is 61.1 Å². The van der Waals surface area contributed by atoms with Crippen LogP contribution in [0, 0.1) is 6.92 Å². The zero-order chi connectivity index (χ0) is 12.3. The molecule has 0 spiro atoms. The molecule has 1 aromatic rings. The Bertz CT molecular complexity index is 554. The highest BCUT2D eigenvalue weighted by Crippen LogP contribution is 2.13. The van der Waals surface area contributed by atoms with Crippen molar-refractivity contribution >= 4 is 17.2 Å². The fourth-order valence-electron chi connectivity index (χ4n) is 1.52. The Morgan fingerprint density at radius 2 is 1.76 bits per heavy atom. The lowest BCUT2D eigenvalue weighted by molar-refractivity contribution is -0.686. The molecule has 1 aliphatic rings. The zero-order valence-electron chi connectivity index (χ0n) is 9.76. The van der Waals surface area contributed by atoms with Crippen molar-refractivity contribution in [3.63, 3.8) is 0 Å². The number of hydrogen-bond donors (Lipinski definition) is 0. The summed E-state index contributed by atoms with van der Waals surface area (Å²) in [7, 11) is 1.92. The molecule has 0 radical (unpaired) electrons. The van der Waals surface area contributed by atoms with Crippen LogP contribution in [0.4, 0.5) is 0 Å². The second-order valence-electron chi connectivity index (χ2n) is 3.67. The monoisotopic (exact) mass is 246 g/mol. The minimum Gasteiger partial charge on any atom is -0.233 e. The number of hydrogen-bond acceptors (Lipinski definition) is 2. The molecule has 0 atom stereocenters. The van der Waals surface area contributed by atoms with Crippen LogP contribution < -0.4 is 4.57 Å². The molecular formula is C13H13ClN3+. The minimum atomic E-state index is 0.270. The summed E-state index contributed by atoms with van der Waals surface area (Å²) in [4.78, 5) is 8.37. The number of halogens is 1. The standard InChI is InChI=1S/C13H13ClN3/c1-10-15-13(14)16-12(17(10)2)11-8-6-4-3-5-7-9-11/h3-9H,1-2H3/q+1. The molecule has 0 amide bonds. The Labute approximate surface area is 105 Å². The highest BCUT2D eigenvalue weighted by Gasteiger charge is 2.17. The average Bonchev–Trinajstić information content (AvgIpc) is 2.23. The summed E-state index contributed by atoms with van der Waals surface area (Å²) < 4.78 is 1.92. The fraction of sp³-hybridized carbons (Fsp3) is 0.154. The van der Waals surface area contributed by atoms with Gasteiger partial charge < -0.3 is 0 Å². The molecule has 3 nitrogen and oxygen atoms in total. The van der Waals surface area contributed by atoms with Gasteiger partial charge in [0.15, 0.2) is 0 Å². The van der Waals surface area contributed by atoms with Crippen LogP contribution in [0.25, 0.3) is 5.57 Å². The van der Waals surface area contributed by atoms with Crippen LogP contribution in [0.15, 0.2) is 42.5 Å². The van der Waals surface area contributed by atoms with E-state index in [0.29, 0.717) is 0 Å². The molecule has 0 aromatic carbocycles. The maximum Gasteiger partial charge on any atom is 0.372 e. The summed E-state index contributed by atoms with van der Waals surface area (Å²) in [5, 5.41) is 0.270. The van der Waals surface area contributed by atoms with Crippen LogP contribution in [-0.4, -0.2) is 9.97 Å². The van der Waals surface area contributed by atoms with E-state index in [0.717, 1.165) is 17.2 Å². The summed E-state index contributed by atoms with van der Waals surface area (Å²) in [6, 6.07) is 0. The first kappa shape index (κ1) is 11.7. The highest BCUT2D eigenvalue weighted by molar-refractivity contribution is 6.28. The molecule has 0 bridgehead atoms. The van der Waals surface area contributed by atoms with Gasteiger partial charge in [-0.25, -0.2) is 4.57 Å². The van der Waals surface area contributed by atoms with Gasteiger partial charge in [-0.1, -0.05) is 40.3 Å². The van der Waals surface area contributed by atoms with Gasteiger partial charge in [0.25, 0.3) is 5.82 Å². The van der Waals surface area contributed by atoms with Crippen molar-refractivity contribution in [1.82, 2.24) is 9.97 Å². The molecule has 4 heteroatoms. The molecule has 0 aliphatic heterocycles. The van der Waals surface area contributed by atoms with Crippen molar-refractivity contribution in [3.8, 4) is 0 Å². The van der Waals surface area contributed by atoms with E-state index < -0.39 is 0 Å². The van der Waals surface area contributed by atoms with Crippen molar-refractivity contribution in [2.24, 2.45) is 7.05 Å². The third-order valence-corrected chi connectivity index (χ3v) is 2.68. The molecule has 0 saturated carbocycles. The third kappa shape index (κ3) is 2.68. The Balaban J connectivity index is 2.53. The molecular weight excluding hydrogens is 234 g/mol. The van der Waals surface area contributed by atoms with Crippen LogP contribution >= 0.6 is 11.6 Å². The van der Waals surface area contributed by atoms with Gasteiger partial charge in [0, 0.05) is 6.92 Å². The largest absolute Gasteiger partial charge is 0.372 e. The van der Waals surface area contributed by atoms with Gasteiger partial charge in [0.2, 0.25) is 5.82 Å². The first-order chi connectivity index (χ1) is 8.18. The second kappa shape index (κ2) is 5.06. The maximum absolute atomic E-state index is 5.90. The Hall–Kier alpha value is -1.74. The van der Waals surface area contributed by atoms with E-state index in [-0.39, 0.29) is 5.28 Å². The third-order valence-electron chi connectivity index (χ3n) is 2.51. The van der Waals surface area contributed by atoms with E-state index in [4.69, 9.17) is 11.6 Å². The van der Waals surface area contributed by atoms with Crippen molar-refractivity contribution in [2.75, 3.05) is 0 Å². The highest BCUT2D eigenvalue weighted by atomic mass is 35.5. The van der Waals surface area contributed by atoms with Gasteiger partial charge in [-0.2, -0.15) is 0 Å². The smallest absolute Gasteiger partial charge is 0.233 e. The minimum absolute atomic E-state index is 0.270. The Kier molecular flexibility index (Phi) is 3.49. The number of rotatable bonds is 1. The second-order valence-corrected chi connectivity index (χ2v) is 4.01. The van der Waals surface area contributed by atoms with Gasteiger partial charge in [0.1, 0.15) is 0 Å². The normalized spacial score (nSPS) is 14.4. The molecule has 1 aromatic heterocycles. The fourth-order valence-corrected chi connectivity index (χ4v) is 1.73. The summed E-state index contributed by atoms with van der Waals surface area (Å²) in [5.41, 5.74) is 1.00. The Morgan fingerprint density at radius 1 is 1.06 bits per heavy atom. The van der Waals surface area contributed by atoms with Crippen LogP contribution in [0.5, 0.6) is 0 Å². The van der Waals surface area contributed by atoms with Crippen molar-refractivity contribution in [2.45, 2.75) is 6.92 Å². The topological polar surface area (TPSA) is 29.7 Å². The molecule has 0 fully saturated rings. The quantitative estimate of drug-likeness (QED) is 0.712. The molecule has 17 heavy (non-hydrogen) atoms. The SMILES string of the molecule is Cc1nc(Cl)nc(C2=CC=CC=CC=C2)[n+]1C. The van der Waals surface area contributed by atoms with Crippen molar-refractivity contribution < 1.29 is 4.57 Å². The molecule has 0 unspecified atom stereocenters. The maximum atomic E-state index is 5.90. The van der Waals surface area contributed by atoms with Gasteiger partial charge in [0.05, 0.1) is 12.6 Å². The predicted octanol–water partition coefficient (Wildman–Crippen LogP) is 2.33. The number of allylic oxidation sites excluding steroid dienone is 8. The van der Waals surface area contributed by atoms with E-state index in [1.165, 1.54) is 0 Å². The van der Waals surface area contributed by atoms with Gasteiger partial charge in [-0.15, -0.1) is 0 Å². The molecule has 0 N–H and O–H groups in total. The van der Waals surface area contributed by atoms with Crippen LogP contribution in [0.3, 0.4) is 0 Å². The van der Waals surface area contributed by atoms with Crippen molar-refractivity contribution in [1.29, 1.82) is 0 Å². The molecule has 86 valence electrons. The van der Waals surface area contributed by atoms with Gasteiger partial charge >= 0.3 is 5.28 Å². The Morgan fingerprint density at radius 3 is 2.59 bits per heavy atom. The lowest BCUT2D eigenvalue weighted by Crippen LogP contribution is -2.39. The van der Waals surface area contributed by atoms with E-state index >= 15 is 0 Å². The van der Waals surface area contributed by atoms with Crippen LogP contribution in [0.2, 0.25) is 5.28 Å². The first-order valence-electron chi connectivity index (χ1n) is 5.31. The summed E-state index contributed by atoms with van der Waals surface area (Å²) in [6.45, 7) is 1.90. The van der Waals surface area contributed by atoms with Crippen LogP contribution in [-0.2, 0) is 7.05 Å². The lowest BCUT2D eigenvalue weighted by Gasteiger charge is -2.03. The lowest BCUT2D eigenvalue weighted by atomic mass is 10.1. The van der Waals surface area contributed by atoms with Crippen LogP contribution in [0.1, 0.15) is 11.6 Å². The average molecular weight is 247 g/mol. The van der Waals surface area contributed by atoms with E-state index in [2.05, 4.69) is 9.97 Å². The summed E-state index contributed by atoms with van der Waals surface area (Å²) >= 11 is 5.90. The number of aryl methyl sites for hydroxylation is 1. The molecule has 1 aliphatic carbocycles. The first-order valence-corrected chi connectivity index (χ1v) is 5.68. The summed E-state index contributed by atoms with van der Waals surface area (Å²) in [5.74, 6) is 1.63.